The maximum absolute atomic E-state index is 11.3. The minimum Gasteiger partial charge on any atom is -0.345 e. The molecule has 1 atom stereocenters. The van der Waals surface area contributed by atoms with Crippen LogP contribution in [-0.4, -0.2) is 18.4 Å². The summed E-state index contributed by atoms with van der Waals surface area (Å²) in [6.07, 6.45) is 1.05. The van der Waals surface area contributed by atoms with Gasteiger partial charge in [-0.1, -0.05) is 38.1 Å². The van der Waals surface area contributed by atoms with E-state index in [1.165, 1.54) is 5.56 Å². The van der Waals surface area contributed by atoms with Crippen molar-refractivity contribution in [2.75, 3.05) is 6.54 Å². The summed E-state index contributed by atoms with van der Waals surface area (Å²) in [6.45, 7) is 4.82. The average molecular weight is 246 g/mol. The zero-order valence-corrected chi connectivity index (χ0v) is 10.7. The second-order valence-corrected chi connectivity index (χ2v) is 5.08. The summed E-state index contributed by atoms with van der Waals surface area (Å²) in [7, 11) is 0. The van der Waals surface area contributed by atoms with Crippen molar-refractivity contribution in [3.05, 3.63) is 35.4 Å². The fraction of sp³-hybridized carbons (Fsp3) is 0.429. The second-order valence-electron chi connectivity index (χ2n) is 5.08. The van der Waals surface area contributed by atoms with E-state index in [1.54, 1.807) is 0 Å². The smallest absolute Gasteiger partial charge is 0.309 e. The van der Waals surface area contributed by atoms with Crippen LogP contribution in [-0.2, 0) is 16.0 Å². The quantitative estimate of drug-likeness (QED) is 0.787. The van der Waals surface area contributed by atoms with Crippen molar-refractivity contribution in [1.82, 2.24) is 10.6 Å². The number of rotatable bonds is 3. The Labute approximate surface area is 107 Å². The first-order valence-corrected chi connectivity index (χ1v) is 6.24. The first-order chi connectivity index (χ1) is 8.56. The molecule has 0 aromatic heterocycles. The maximum atomic E-state index is 11.3. The van der Waals surface area contributed by atoms with Crippen LogP contribution in [0.25, 0.3) is 0 Å². The topological polar surface area (TPSA) is 58.2 Å². The largest absolute Gasteiger partial charge is 0.345 e. The lowest BCUT2D eigenvalue weighted by Crippen LogP contribution is -2.51. The standard InChI is InChI=1S/C14H18N2O2/c1-9(2)7-10-3-5-11(6-4-10)12-8-15-13(17)14(18)16-12/h3-6,9,12H,7-8H2,1-2H3,(H,15,17)(H,16,18). The molecule has 0 bridgehead atoms. The van der Waals surface area contributed by atoms with E-state index in [0.29, 0.717) is 12.5 Å². The molecule has 0 aliphatic carbocycles. The van der Waals surface area contributed by atoms with Crippen molar-refractivity contribution in [3.8, 4) is 0 Å². The molecule has 1 unspecified atom stereocenters. The molecular weight excluding hydrogens is 228 g/mol. The van der Waals surface area contributed by atoms with Crippen LogP contribution in [0.2, 0.25) is 0 Å². The van der Waals surface area contributed by atoms with Gasteiger partial charge in [-0.2, -0.15) is 0 Å². The van der Waals surface area contributed by atoms with Gasteiger partial charge in [0.25, 0.3) is 0 Å². The molecule has 4 heteroatoms. The molecule has 1 aromatic carbocycles. The normalized spacial score (nSPS) is 19.6. The number of hydrogen-bond acceptors (Lipinski definition) is 2. The summed E-state index contributed by atoms with van der Waals surface area (Å²) in [4.78, 5) is 22.3. The molecule has 2 N–H and O–H groups in total. The summed E-state index contributed by atoms with van der Waals surface area (Å²) in [6, 6.07) is 8.07. The number of nitrogens with one attached hydrogen (secondary N) is 2. The molecule has 2 rings (SSSR count). The Hall–Kier alpha value is -1.84. The van der Waals surface area contributed by atoms with Crippen LogP contribution < -0.4 is 10.6 Å². The number of hydrogen-bond donors (Lipinski definition) is 2. The van der Waals surface area contributed by atoms with Gasteiger partial charge in [0.1, 0.15) is 0 Å². The zero-order chi connectivity index (χ0) is 13.1. The molecule has 1 saturated heterocycles. The third kappa shape index (κ3) is 2.88. The van der Waals surface area contributed by atoms with Gasteiger partial charge in [-0.3, -0.25) is 9.59 Å². The van der Waals surface area contributed by atoms with Crippen LogP contribution >= 0.6 is 0 Å². The molecule has 1 aliphatic rings. The Balaban J connectivity index is 2.05. The highest BCUT2D eigenvalue weighted by Crippen LogP contribution is 2.16. The summed E-state index contributed by atoms with van der Waals surface area (Å²) in [5.74, 6) is -0.482. The van der Waals surface area contributed by atoms with Gasteiger partial charge in [0, 0.05) is 6.54 Å². The van der Waals surface area contributed by atoms with Gasteiger partial charge in [-0.05, 0) is 23.5 Å². The van der Waals surface area contributed by atoms with Crippen molar-refractivity contribution in [1.29, 1.82) is 0 Å². The highest BCUT2D eigenvalue weighted by Gasteiger charge is 2.25. The lowest BCUT2D eigenvalue weighted by molar-refractivity contribution is -0.141. The Kier molecular flexibility index (Phi) is 3.65. The van der Waals surface area contributed by atoms with E-state index in [1.807, 2.05) is 12.1 Å². The summed E-state index contributed by atoms with van der Waals surface area (Å²) in [5.41, 5.74) is 2.32. The van der Waals surface area contributed by atoms with Gasteiger partial charge < -0.3 is 10.6 Å². The molecular formula is C14H18N2O2. The molecule has 4 nitrogen and oxygen atoms in total. The molecule has 0 saturated carbocycles. The molecule has 1 aliphatic heterocycles. The molecule has 18 heavy (non-hydrogen) atoms. The van der Waals surface area contributed by atoms with Crippen molar-refractivity contribution in [2.45, 2.75) is 26.3 Å². The highest BCUT2D eigenvalue weighted by atomic mass is 16.2. The van der Waals surface area contributed by atoms with Crippen molar-refractivity contribution in [3.63, 3.8) is 0 Å². The van der Waals surface area contributed by atoms with Crippen LogP contribution in [0.5, 0.6) is 0 Å². The number of piperazine rings is 1. The number of amides is 2. The van der Waals surface area contributed by atoms with Gasteiger partial charge in [0.2, 0.25) is 0 Å². The van der Waals surface area contributed by atoms with E-state index in [-0.39, 0.29) is 6.04 Å². The minimum absolute atomic E-state index is 0.122. The third-order valence-electron chi connectivity index (χ3n) is 3.00. The van der Waals surface area contributed by atoms with Gasteiger partial charge in [-0.15, -0.1) is 0 Å². The van der Waals surface area contributed by atoms with E-state index in [2.05, 4.69) is 36.6 Å². The Morgan fingerprint density at radius 2 is 1.83 bits per heavy atom. The van der Waals surface area contributed by atoms with Crippen LogP contribution in [0.3, 0.4) is 0 Å². The summed E-state index contributed by atoms with van der Waals surface area (Å²) < 4.78 is 0. The Morgan fingerprint density at radius 3 is 2.39 bits per heavy atom. The van der Waals surface area contributed by atoms with E-state index >= 15 is 0 Å². The molecule has 1 fully saturated rings. The van der Waals surface area contributed by atoms with Crippen LogP contribution in [0.15, 0.2) is 24.3 Å². The zero-order valence-electron chi connectivity index (χ0n) is 10.7. The van der Waals surface area contributed by atoms with Crippen molar-refractivity contribution < 1.29 is 9.59 Å². The van der Waals surface area contributed by atoms with Crippen molar-refractivity contribution >= 4 is 11.8 Å². The minimum atomic E-state index is -0.558. The first kappa shape index (κ1) is 12.6. The van der Waals surface area contributed by atoms with Crippen molar-refractivity contribution in [2.24, 2.45) is 5.92 Å². The second kappa shape index (κ2) is 5.21. The lowest BCUT2D eigenvalue weighted by Gasteiger charge is -2.24. The van der Waals surface area contributed by atoms with Gasteiger partial charge in [0.15, 0.2) is 0 Å². The molecule has 2 amide bonds. The fourth-order valence-corrected chi connectivity index (χ4v) is 2.11. The predicted molar refractivity (Wildman–Crippen MR) is 68.9 cm³/mol. The number of carbonyl (C=O) groups excluding carboxylic acids is 2. The van der Waals surface area contributed by atoms with Crippen LogP contribution in [0, 0.1) is 5.92 Å². The van der Waals surface area contributed by atoms with E-state index in [4.69, 9.17) is 0 Å². The average Bonchev–Trinajstić information content (AvgIpc) is 2.33. The van der Waals surface area contributed by atoms with Gasteiger partial charge in [0.05, 0.1) is 6.04 Å². The molecule has 96 valence electrons. The third-order valence-corrected chi connectivity index (χ3v) is 3.00. The molecule has 0 spiro atoms. The van der Waals surface area contributed by atoms with E-state index < -0.39 is 11.8 Å². The molecule has 1 aromatic rings. The Bertz CT molecular complexity index is 451. The van der Waals surface area contributed by atoms with Gasteiger partial charge >= 0.3 is 11.8 Å². The summed E-state index contributed by atoms with van der Waals surface area (Å²) >= 11 is 0. The van der Waals surface area contributed by atoms with Crippen LogP contribution in [0.4, 0.5) is 0 Å². The first-order valence-electron chi connectivity index (χ1n) is 6.24. The highest BCUT2D eigenvalue weighted by molar-refractivity contribution is 6.35. The SMILES string of the molecule is CC(C)Cc1ccc(C2CNC(=O)C(=O)N2)cc1. The van der Waals surface area contributed by atoms with E-state index in [9.17, 15) is 9.59 Å². The predicted octanol–water partition coefficient (Wildman–Crippen LogP) is 1.17. The molecule has 0 radical (unpaired) electrons. The van der Waals surface area contributed by atoms with Gasteiger partial charge in [-0.25, -0.2) is 0 Å². The number of benzene rings is 1. The monoisotopic (exact) mass is 246 g/mol. The molecule has 1 heterocycles. The maximum Gasteiger partial charge on any atom is 0.309 e. The fourth-order valence-electron chi connectivity index (χ4n) is 2.11. The Morgan fingerprint density at radius 1 is 1.17 bits per heavy atom. The lowest BCUT2D eigenvalue weighted by atomic mass is 9.99. The van der Waals surface area contributed by atoms with Crippen LogP contribution in [0.1, 0.15) is 31.0 Å². The summed E-state index contributed by atoms with van der Waals surface area (Å²) in [5, 5.41) is 5.27. The number of carbonyl (C=O) groups is 2. The van der Waals surface area contributed by atoms with E-state index in [0.717, 1.165) is 12.0 Å².